The lowest BCUT2D eigenvalue weighted by atomic mass is 10.1. The third-order valence-corrected chi connectivity index (χ3v) is 3.39. The van der Waals surface area contributed by atoms with Gasteiger partial charge in [0, 0.05) is 31.9 Å². The van der Waals surface area contributed by atoms with Crippen molar-refractivity contribution in [1.82, 2.24) is 4.90 Å². The summed E-state index contributed by atoms with van der Waals surface area (Å²) in [5.41, 5.74) is 7.33. The molecule has 1 aromatic carbocycles. The highest BCUT2D eigenvalue weighted by molar-refractivity contribution is 5.75. The van der Waals surface area contributed by atoms with Gasteiger partial charge in [-0.3, -0.25) is 4.79 Å². The molecule has 18 heavy (non-hydrogen) atoms. The van der Waals surface area contributed by atoms with Crippen molar-refractivity contribution in [3.05, 3.63) is 29.8 Å². The number of anilines is 1. The van der Waals surface area contributed by atoms with Crippen LogP contribution in [0.3, 0.4) is 0 Å². The molecule has 5 nitrogen and oxygen atoms in total. The van der Waals surface area contributed by atoms with Crippen LogP contribution in [0.4, 0.5) is 5.69 Å². The van der Waals surface area contributed by atoms with Crippen molar-refractivity contribution >= 4 is 11.7 Å². The summed E-state index contributed by atoms with van der Waals surface area (Å²) in [5, 5.41) is 8.84. The van der Waals surface area contributed by atoms with Gasteiger partial charge >= 0.3 is 5.97 Å². The molecule has 0 spiro atoms. The molecule has 0 radical (unpaired) electrons. The standard InChI is InChI=1S/C13H19N3O2/c1-15-6-8-16(9-7-15)11-4-2-10(3-5-11)12(14)13(17)18/h2-5,12H,6-9,14H2,1H3,(H,17,18)/t12-/m0/s1. The fraction of sp³-hybridized carbons (Fsp3) is 0.462. The van der Waals surface area contributed by atoms with Crippen molar-refractivity contribution in [3.63, 3.8) is 0 Å². The van der Waals surface area contributed by atoms with Crippen LogP contribution < -0.4 is 10.6 Å². The molecule has 0 aliphatic carbocycles. The van der Waals surface area contributed by atoms with Crippen LogP contribution in [0.25, 0.3) is 0 Å². The van der Waals surface area contributed by atoms with E-state index in [1.165, 1.54) is 0 Å². The summed E-state index contributed by atoms with van der Waals surface area (Å²) in [7, 11) is 2.12. The van der Waals surface area contributed by atoms with E-state index in [1.54, 1.807) is 12.1 Å². The molecule has 1 heterocycles. The van der Waals surface area contributed by atoms with Crippen molar-refractivity contribution in [3.8, 4) is 0 Å². The zero-order valence-corrected chi connectivity index (χ0v) is 10.5. The summed E-state index contributed by atoms with van der Waals surface area (Å²) in [6.07, 6.45) is 0. The van der Waals surface area contributed by atoms with Crippen molar-refractivity contribution in [2.24, 2.45) is 5.73 Å². The summed E-state index contributed by atoms with van der Waals surface area (Å²) in [6.45, 7) is 4.11. The average molecular weight is 249 g/mol. The monoisotopic (exact) mass is 249 g/mol. The molecular formula is C13H19N3O2. The smallest absolute Gasteiger partial charge is 0.325 e. The number of aliphatic carboxylic acids is 1. The summed E-state index contributed by atoms with van der Waals surface area (Å²) in [4.78, 5) is 15.4. The van der Waals surface area contributed by atoms with Gasteiger partial charge in [0.15, 0.2) is 0 Å². The lowest BCUT2D eigenvalue weighted by molar-refractivity contribution is -0.138. The van der Waals surface area contributed by atoms with E-state index >= 15 is 0 Å². The Bertz CT molecular complexity index is 411. The molecule has 0 amide bonds. The Morgan fingerprint density at radius 1 is 1.22 bits per heavy atom. The molecule has 0 aromatic heterocycles. The number of nitrogens with zero attached hydrogens (tertiary/aromatic N) is 2. The van der Waals surface area contributed by atoms with Gasteiger partial charge in [-0.2, -0.15) is 0 Å². The number of rotatable bonds is 3. The number of hydrogen-bond donors (Lipinski definition) is 2. The van der Waals surface area contributed by atoms with Crippen LogP contribution in [-0.4, -0.2) is 49.2 Å². The number of carbonyl (C=O) groups is 1. The predicted octanol–water partition coefficient (Wildman–Crippen LogP) is 0.523. The molecule has 5 heteroatoms. The molecular weight excluding hydrogens is 230 g/mol. The van der Waals surface area contributed by atoms with Crippen molar-refractivity contribution < 1.29 is 9.90 Å². The molecule has 1 aliphatic heterocycles. The quantitative estimate of drug-likeness (QED) is 0.817. The van der Waals surface area contributed by atoms with E-state index in [4.69, 9.17) is 10.8 Å². The van der Waals surface area contributed by atoms with Gasteiger partial charge in [-0.05, 0) is 24.7 Å². The highest BCUT2D eigenvalue weighted by Gasteiger charge is 2.16. The maximum absolute atomic E-state index is 10.8. The lowest BCUT2D eigenvalue weighted by Gasteiger charge is -2.34. The Morgan fingerprint density at radius 2 is 1.78 bits per heavy atom. The Balaban J connectivity index is 2.06. The van der Waals surface area contributed by atoms with E-state index in [0.717, 1.165) is 31.9 Å². The van der Waals surface area contributed by atoms with Crippen LogP contribution in [0.1, 0.15) is 11.6 Å². The zero-order chi connectivity index (χ0) is 13.1. The van der Waals surface area contributed by atoms with Gasteiger partial charge < -0.3 is 20.6 Å². The predicted molar refractivity (Wildman–Crippen MR) is 70.7 cm³/mol. The Labute approximate surface area is 107 Å². The fourth-order valence-corrected chi connectivity index (χ4v) is 2.10. The minimum absolute atomic E-state index is 0.639. The Hall–Kier alpha value is -1.59. The van der Waals surface area contributed by atoms with E-state index in [1.807, 2.05) is 12.1 Å². The number of piperazine rings is 1. The summed E-state index contributed by atoms with van der Waals surface area (Å²) < 4.78 is 0. The molecule has 3 N–H and O–H groups in total. The van der Waals surface area contributed by atoms with Crippen LogP contribution >= 0.6 is 0 Å². The minimum Gasteiger partial charge on any atom is -0.480 e. The fourth-order valence-electron chi connectivity index (χ4n) is 2.10. The van der Waals surface area contributed by atoms with Crippen molar-refractivity contribution in [2.75, 3.05) is 38.1 Å². The van der Waals surface area contributed by atoms with Gasteiger partial charge in [-0.1, -0.05) is 12.1 Å². The SMILES string of the molecule is CN1CCN(c2ccc([C@H](N)C(=O)O)cc2)CC1. The maximum Gasteiger partial charge on any atom is 0.325 e. The highest BCUT2D eigenvalue weighted by atomic mass is 16.4. The number of likely N-dealkylation sites (N-methyl/N-ethyl adjacent to an activating group) is 1. The van der Waals surface area contributed by atoms with E-state index in [-0.39, 0.29) is 0 Å². The molecule has 0 unspecified atom stereocenters. The first kappa shape index (κ1) is 12.9. The van der Waals surface area contributed by atoms with E-state index in [9.17, 15) is 4.79 Å². The molecule has 1 atom stereocenters. The van der Waals surface area contributed by atoms with Crippen LogP contribution in [0, 0.1) is 0 Å². The molecule has 0 saturated carbocycles. The van der Waals surface area contributed by atoms with Crippen molar-refractivity contribution in [1.29, 1.82) is 0 Å². The number of benzene rings is 1. The lowest BCUT2D eigenvalue weighted by Crippen LogP contribution is -2.44. The topological polar surface area (TPSA) is 69.8 Å². The van der Waals surface area contributed by atoms with Crippen LogP contribution in [-0.2, 0) is 4.79 Å². The summed E-state index contributed by atoms with van der Waals surface area (Å²) >= 11 is 0. The number of nitrogens with two attached hydrogens (primary N) is 1. The molecule has 1 aliphatic rings. The number of carboxylic acid groups (broad SMARTS) is 1. The maximum atomic E-state index is 10.8. The van der Waals surface area contributed by atoms with Gasteiger partial charge in [0.1, 0.15) is 6.04 Å². The Morgan fingerprint density at radius 3 is 2.28 bits per heavy atom. The normalized spacial score (nSPS) is 18.7. The largest absolute Gasteiger partial charge is 0.480 e. The molecule has 1 fully saturated rings. The second-order valence-electron chi connectivity index (χ2n) is 4.70. The van der Waals surface area contributed by atoms with Gasteiger partial charge in [-0.15, -0.1) is 0 Å². The number of hydrogen-bond acceptors (Lipinski definition) is 4. The van der Waals surface area contributed by atoms with E-state index < -0.39 is 12.0 Å². The van der Waals surface area contributed by atoms with Gasteiger partial charge in [0.2, 0.25) is 0 Å². The van der Waals surface area contributed by atoms with E-state index in [2.05, 4.69) is 16.8 Å². The highest BCUT2D eigenvalue weighted by Crippen LogP contribution is 2.19. The second kappa shape index (κ2) is 5.37. The Kier molecular flexibility index (Phi) is 3.84. The summed E-state index contributed by atoms with van der Waals surface area (Å²) in [5.74, 6) is -0.998. The molecule has 1 aromatic rings. The van der Waals surface area contributed by atoms with Gasteiger partial charge in [0.05, 0.1) is 0 Å². The average Bonchev–Trinajstić information content (AvgIpc) is 2.39. The van der Waals surface area contributed by atoms with Crippen LogP contribution in [0.5, 0.6) is 0 Å². The first-order valence-electron chi connectivity index (χ1n) is 6.10. The third kappa shape index (κ3) is 2.80. The van der Waals surface area contributed by atoms with Crippen LogP contribution in [0.2, 0.25) is 0 Å². The van der Waals surface area contributed by atoms with Crippen molar-refractivity contribution in [2.45, 2.75) is 6.04 Å². The first-order chi connectivity index (χ1) is 8.58. The van der Waals surface area contributed by atoms with Crippen LogP contribution in [0.15, 0.2) is 24.3 Å². The molecule has 98 valence electrons. The first-order valence-corrected chi connectivity index (χ1v) is 6.10. The zero-order valence-electron chi connectivity index (χ0n) is 10.5. The second-order valence-corrected chi connectivity index (χ2v) is 4.70. The minimum atomic E-state index is -0.998. The van der Waals surface area contributed by atoms with Gasteiger partial charge in [0.25, 0.3) is 0 Å². The van der Waals surface area contributed by atoms with Gasteiger partial charge in [-0.25, -0.2) is 0 Å². The van der Waals surface area contributed by atoms with E-state index in [0.29, 0.717) is 5.56 Å². The summed E-state index contributed by atoms with van der Waals surface area (Å²) in [6, 6.07) is 6.55. The third-order valence-electron chi connectivity index (χ3n) is 3.39. The molecule has 1 saturated heterocycles. The number of carboxylic acids is 1. The molecule has 0 bridgehead atoms. The molecule has 2 rings (SSSR count).